The van der Waals surface area contributed by atoms with E-state index in [-0.39, 0.29) is 31.4 Å². The predicted molar refractivity (Wildman–Crippen MR) is 102 cm³/mol. The highest BCUT2D eigenvalue weighted by atomic mass is 35.5. The summed E-state index contributed by atoms with van der Waals surface area (Å²) in [4.78, 5) is 0.000134. The smallest absolute Gasteiger partial charge is 0.208 e. The van der Waals surface area contributed by atoms with Gasteiger partial charge in [-0.25, -0.2) is 13.1 Å². The number of hydrogen-bond donors (Lipinski definition) is 1. The van der Waals surface area contributed by atoms with Gasteiger partial charge in [0.1, 0.15) is 4.90 Å². The fourth-order valence-electron chi connectivity index (χ4n) is 5.84. The van der Waals surface area contributed by atoms with E-state index in [2.05, 4.69) is 4.72 Å². The first-order valence-electron chi connectivity index (χ1n) is 8.85. The Kier molecular flexibility index (Phi) is 4.61. The topological polar surface area (TPSA) is 46.2 Å². The third-order valence-electron chi connectivity index (χ3n) is 6.60. The molecule has 1 aromatic rings. The molecule has 0 heterocycles. The Bertz CT molecular complexity index is 774. The molecule has 0 aliphatic heterocycles. The second-order valence-corrected chi connectivity index (χ2v) is 11.2. The molecule has 3 nitrogen and oxygen atoms in total. The average Bonchev–Trinajstić information content (AvgIpc) is 2.49. The summed E-state index contributed by atoms with van der Waals surface area (Å²) in [6.07, 6.45) is 7.40. The van der Waals surface area contributed by atoms with Crippen molar-refractivity contribution in [3.05, 3.63) is 27.2 Å². The molecule has 5 rings (SSSR count). The minimum atomic E-state index is -3.75. The second kappa shape index (κ2) is 6.27. The van der Waals surface area contributed by atoms with Crippen LogP contribution in [-0.2, 0) is 10.0 Å². The molecular weight excluding hydrogens is 401 g/mol. The van der Waals surface area contributed by atoms with E-state index >= 15 is 0 Å². The van der Waals surface area contributed by atoms with Crippen molar-refractivity contribution in [1.29, 1.82) is 0 Å². The van der Waals surface area contributed by atoms with E-state index < -0.39 is 10.0 Å². The van der Waals surface area contributed by atoms with Crippen molar-refractivity contribution in [3.8, 4) is 0 Å². The van der Waals surface area contributed by atoms with Gasteiger partial charge >= 0.3 is 0 Å². The second-order valence-electron chi connectivity index (χ2n) is 8.32. The van der Waals surface area contributed by atoms with Crippen molar-refractivity contribution < 1.29 is 8.42 Å². The predicted octanol–water partition coefficient (Wildman–Crippen LogP) is 5.53. The molecule has 0 spiro atoms. The molecule has 1 N–H and O–H groups in total. The molecule has 1 unspecified atom stereocenters. The number of benzene rings is 1. The SMILES string of the molecule is CC(NS(=O)(=O)c1cc(Cl)c(Cl)cc1Cl)C12CC3CC(CC(C3)C1)C2. The molecule has 0 amide bonds. The Morgan fingerprint density at radius 2 is 1.44 bits per heavy atom. The highest BCUT2D eigenvalue weighted by molar-refractivity contribution is 7.89. The summed E-state index contributed by atoms with van der Waals surface area (Å²) < 4.78 is 28.7. The van der Waals surface area contributed by atoms with E-state index in [9.17, 15) is 8.42 Å². The van der Waals surface area contributed by atoms with Crippen LogP contribution in [-0.4, -0.2) is 14.5 Å². The zero-order valence-electron chi connectivity index (χ0n) is 14.1. The van der Waals surface area contributed by atoms with E-state index in [1.165, 1.54) is 31.4 Å². The highest BCUT2D eigenvalue weighted by Gasteiger charge is 2.53. The van der Waals surface area contributed by atoms with E-state index in [1.54, 1.807) is 0 Å². The van der Waals surface area contributed by atoms with Gasteiger partial charge in [0.25, 0.3) is 0 Å². The van der Waals surface area contributed by atoms with Gasteiger partial charge in [0.15, 0.2) is 0 Å². The normalized spacial score (nSPS) is 35.1. The Labute approximate surface area is 164 Å². The largest absolute Gasteiger partial charge is 0.242 e. The van der Waals surface area contributed by atoms with Crippen molar-refractivity contribution >= 4 is 44.8 Å². The first-order chi connectivity index (χ1) is 11.7. The van der Waals surface area contributed by atoms with Gasteiger partial charge in [0, 0.05) is 6.04 Å². The Morgan fingerprint density at radius 3 is 1.96 bits per heavy atom. The Hall–Kier alpha value is -0.000000000000000111. The first kappa shape index (κ1) is 18.4. The van der Waals surface area contributed by atoms with Crippen LogP contribution in [0.5, 0.6) is 0 Å². The fraction of sp³-hybridized carbons (Fsp3) is 0.667. The molecule has 4 bridgehead atoms. The van der Waals surface area contributed by atoms with Gasteiger partial charge in [-0.15, -0.1) is 0 Å². The highest BCUT2D eigenvalue weighted by Crippen LogP contribution is 2.61. The molecular formula is C18H22Cl3NO2S. The minimum Gasteiger partial charge on any atom is -0.208 e. The lowest BCUT2D eigenvalue weighted by Gasteiger charge is -2.59. The van der Waals surface area contributed by atoms with Crippen molar-refractivity contribution in [3.63, 3.8) is 0 Å². The Morgan fingerprint density at radius 1 is 0.960 bits per heavy atom. The van der Waals surface area contributed by atoms with Gasteiger partial charge in [-0.2, -0.15) is 0 Å². The van der Waals surface area contributed by atoms with E-state index in [0.717, 1.165) is 37.0 Å². The molecule has 25 heavy (non-hydrogen) atoms. The molecule has 0 radical (unpaired) electrons. The fourth-order valence-corrected chi connectivity index (χ4v) is 8.19. The van der Waals surface area contributed by atoms with Crippen LogP contribution < -0.4 is 4.72 Å². The number of sulfonamides is 1. The van der Waals surface area contributed by atoms with E-state index in [4.69, 9.17) is 34.8 Å². The maximum Gasteiger partial charge on any atom is 0.242 e. The summed E-state index contributed by atoms with van der Waals surface area (Å²) in [5.74, 6) is 2.31. The Balaban J connectivity index is 1.60. The van der Waals surface area contributed by atoms with Gasteiger partial charge in [-0.05, 0) is 80.8 Å². The third-order valence-corrected chi connectivity index (χ3v) is 9.33. The van der Waals surface area contributed by atoms with Crippen molar-refractivity contribution in [2.24, 2.45) is 23.2 Å². The van der Waals surface area contributed by atoms with Crippen LogP contribution in [0, 0.1) is 23.2 Å². The number of rotatable bonds is 4. The molecule has 7 heteroatoms. The lowest BCUT2D eigenvalue weighted by molar-refractivity contribution is -0.0666. The molecule has 0 aromatic heterocycles. The van der Waals surface area contributed by atoms with E-state index in [0.29, 0.717) is 0 Å². The molecule has 1 atom stereocenters. The lowest BCUT2D eigenvalue weighted by atomic mass is 9.48. The van der Waals surface area contributed by atoms with Crippen molar-refractivity contribution in [2.75, 3.05) is 0 Å². The van der Waals surface area contributed by atoms with Crippen LogP contribution in [0.1, 0.15) is 45.4 Å². The van der Waals surface area contributed by atoms with Gasteiger partial charge in [0.05, 0.1) is 15.1 Å². The lowest BCUT2D eigenvalue weighted by Crippen LogP contribution is -2.55. The molecule has 4 saturated carbocycles. The molecule has 4 fully saturated rings. The van der Waals surface area contributed by atoms with Crippen LogP contribution in [0.3, 0.4) is 0 Å². The van der Waals surface area contributed by atoms with Crippen molar-refractivity contribution in [1.82, 2.24) is 4.72 Å². The standard InChI is InChI=1S/C18H22Cl3NO2S/c1-10(18-7-11-2-12(8-18)4-13(3-11)9-18)22-25(23,24)17-6-15(20)14(19)5-16(17)21/h5-6,10-13,22H,2-4,7-9H2,1H3. The van der Waals surface area contributed by atoms with Gasteiger partial charge < -0.3 is 0 Å². The molecule has 0 saturated heterocycles. The maximum absolute atomic E-state index is 12.9. The molecule has 1 aromatic carbocycles. The monoisotopic (exact) mass is 421 g/mol. The number of nitrogens with one attached hydrogen (secondary N) is 1. The van der Waals surface area contributed by atoms with Crippen LogP contribution in [0.15, 0.2) is 17.0 Å². The zero-order valence-corrected chi connectivity index (χ0v) is 17.1. The van der Waals surface area contributed by atoms with E-state index in [1.807, 2.05) is 6.92 Å². The van der Waals surface area contributed by atoms with Gasteiger partial charge in [0.2, 0.25) is 10.0 Å². The average molecular weight is 423 g/mol. The van der Waals surface area contributed by atoms with Crippen LogP contribution in [0.25, 0.3) is 0 Å². The quantitative estimate of drug-likeness (QED) is 0.648. The number of hydrogen-bond acceptors (Lipinski definition) is 2. The maximum atomic E-state index is 12.9. The summed E-state index contributed by atoms with van der Waals surface area (Å²) in [5.41, 5.74) is 0.0878. The van der Waals surface area contributed by atoms with Gasteiger partial charge in [-0.1, -0.05) is 34.8 Å². The summed E-state index contributed by atoms with van der Waals surface area (Å²) in [5, 5.41) is 0.535. The molecule has 138 valence electrons. The summed E-state index contributed by atoms with van der Waals surface area (Å²) in [6, 6.07) is 2.60. The molecule has 4 aliphatic carbocycles. The minimum absolute atomic E-state index is 0.000134. The van der Waals surface area contributed by atoms with Crippen LogP contribution in [0.2, 0.25) is 15.1 Å². The van der Waals surface area contributed by atoms with Crippen LogP contribution >= 0.6 is 34.8 Å². The summed E-state index contributed by atoms with van der Waals surface area (Å²) in [6.45, 7) is 2.01. The third kappa shape index (κ3) is 3.23. The zero-order chi connectivity index (χ0) is 18.0. The summed E-state index contributed by atoms with van der Waals surface area (Å²) >= 11 is 18.0. The van der Waals surface area contributed by atoms with Crippen molar-refractivity contribution in [2.45, 2.75) is 56.4 Å². The number of halogens is 3. The van der Waals surface area contributed by atoms with Gasteiger partial charge in [-0.3, -0.25) is 0 Å². The molecule has 4 aliphatic rings. The first-order valence-corrected chi connectivity index (χ1v) is 11.5. The summed E-state index contributed by atoms with van der Waals surface area (Å²) in [7, 11) is -3.75. The van der Waals surface area contributed by atoms with Crippen LogP contribution in [0.4, 0.5) is 0 Å².